The molecule has 0 unspecified atom stereocenters. The zero-order chi connectivity index (χ0) is 21.1. The van der Waals surface area contributed by atoms with Gasteiger partial charge in [0, 0.05) is 0 Å². The number of ether oxygens (including phenoxy) is 3. The van der Waals surface area contributed by atoms with Crippen LogP contribution in [0.4, 0.5) is 0 Å². The number of esters is 1. The number of carbonyl (C=O) groups excluding carboxylic acids is 2. The number of methoxy groups -OCH3 is 2. The molecule has 0 N–H and O–H groups in total. The highest BCUT2D eigenvalue weighted by atomic mass is 16.5. The second-order valence-corrected chi connectivity index (χ2v) is 6.10. The molecule has 0 aliphatic rings. The first-order valence-electron chi connectivity index (χ1n) is 8.82. The third-order valence-corrected chi connectivity index (χ3v) is 4.36. The number of carbonyl (C=O) groups is 2. The van der Waals surface area contributed by atoms with Gasteiger partial charge in [-0.15, -0.1) is 0 Å². The quantitative estimate of drug-likeness (QED) is 0.439. The lowest BCUT2D eigenvalue weighted by molar-refractivity contribution is 0.0526. The Hall–Kier alpha value is -3.62. The lowest BCUT2D eigenvalue weighted by Gasteiger charge is -2.10. The van der Waals surface area contributed by atoms with Gasteiger partial charge in [0.05, 0.1) is 32.9 Å². The first-order chi connectivity index (χ1) is 13.9. The molecular formula is C20H20N2O7. The van der Waals surface area contributed by atoms with Crippen LogP contribution < -0.4 is 15.0 Å². The molecule has 1 aromatic carbocycles. The molecule has 3 aromatic rings. The monoisotopic (exact) mass is 400 g/mol. The maximum Gasteiger partial charge on any atom is 0.342 e. The van der Waals surface area contributed by atoms with Gasteiger partial charge in [-0.25, -0.2) is 9.78 Å². The van der Waals surface area contributed by atoms with Crippen LogP contribution in [0, 0.1) is 6.92 Å². The molecule has 152 valence electrons. The fourth-order valence-electron chi connectivity index (χ4n) is 2.97. The third-order valence-electron chi connectivity index (χ3n) is 4.36. The van der Waals surface area contributed by atoms with Crippen molar-refractivity contribution in [2.45, 2.75) is 20.4 Å². The molecule has 0 fully saturated rings. The normalized spacial score (nSPS) is 10.8. The number of aromatic nitrogens is 2. The maximum absolute atomic E-state index is 13.0. The lowest BCUT2D eigenvalue weighted by Crippen LogP contribution is -2.25. The van der Waals surface area contributed by atoms with Gasteiger partial charge in [0.25, 0.3) is 5.56 Å². The molecular weight excluding hydrogens is 380 g/mol. The Morgan fingerprint density at radius 3 is 2.62 bits per heavy atom. The molecule has 29 heavy (non-hydrogen) atoms. The summed E-state index contributed by atoms with van der Waals surface area (Å²) in [6.45, 7) is 3.04. The van der Waals surface area contributed by atoms with Gasteiger partial charge in [-0.05, 0) is 32.0 Å². The van der Waals surface area contributed by atoms with E-state index in [0.29, 0.717) is 11.5 Å². The van der Waals surface area contributed by atoms with Crippen LogP contribution in [0.2, 0.25) is 0 Å². The molecule has 0 saturated heterocycles. The molecule has 9 nitrogen and oxygen atoms in total. The van der Waals surface area contributed by atoms with Gasteiger partial charge in [-0.3, -0.25) is 14.2 Å². The van der Waals surface area contributed by atoms with Crippen LogP contribution in [-0.2, 0) is 11.3 Å². The van der Waals surface area contributed by atoms with E-state index in [1.54, 1.807) is 26.0 Å². The van der Waals surface area contributed by atoms with Crippen LogP contribution in [-0.4, -0.2) is 42.1 Å². The minimum Gasteiger partial charge on any atom is -0.497 e. The summed E-state index contributed by atoms with van der Waals surface area (Å²) < 4.78 is 21.9. The first-order valence-corrected chi connectivity index (χ1v) is 8.82. The van der Waals surface area contributed by atoms with Crippen molar-refractivity contribution in [2.75, 3.05) is 20.8 Å². The summed E-state index contributed by atoms with van der Waals surface area (Å²) in [5.74, 6) is -0.0148. The molecule has 0 radical (unpaired) electrons. The van der Waals surface area contributed by atoms with Crippen LogP contribution in [0.5, 0.6) is 11.5 Å². The van der Waals surface area contributed by atoms with Crippen molar-refractivity contribution >= 4 is 22.9 Å². The van der Waals surface area contributed by atoms with Gasteiger partial charge >= 0.3 is 5.97 Å². The average Bonchev–Trinajstić information content (AvgIpc) is 3.06. The van der Waals surface area contributed by atoms with E-state index in [2.05, 4.69) is 4.98 Å². The Labute approximate surface area is 165 Å². The van der Waals surface area contributed by atoms with Crippen LogP contribution in [0.1, 0.15) is 33.4 Å². The van der Waals surface area contributed by atoms with Gasteiger partial charge in [-0.1, -0.05) is 0 Å². The first kappa shape index (κ1) is 20.1. The number of nitrogens with zero attached hydrogens (tertiary/aromatic N) is 2. The molecule has 9 heteroatoms. The standard InChI is InChI=1S/C20H20N2O7/c1-5-28-20(25)16-11(2)29-18-17(16)19(24)22(10-21-18)9-14(23)13-8-12(26-3)6-7-15(13)27-4/h6-8,10H,5,9H2,1-4H3. The highest BCUT2D eigenvalue weighted by molar-refractivity contribution is 6.03. The Kier molecular flexibility index (Phi) is 5.67. The zero-order valence-corrected chi connectivity index (χ0v) is 16.5. The summed E-state index contributed by atoms with van der Waals surface area (Å²) in [4.78, 5) is 42.1. The SMILES string of the molecule is CCOC(=O)c1c(C)oc2ncn(CC(=O)c3cc(OC)ccc3OC)c(=O)c12. The smallest absolute Gasteiger partial charge is 0.342 e. The van der Waals surface area contributed by atoms with E-state index in [1.165, 1.54) is 26.6 Å². The summed E-state index contributed by atoms with van der Waals surface area (Å²) in [6, 6.07) is 4.80. The molecule has 0 bridgehead atoms. The van der Waals surface area contributed by atoms with Crippen molar-refractivity contribution in [3.8, 4) is 11.5 Å². The van der Waals surface area contributed by atoms with Crippen molar-refractivity contribution in [1.82, 2.24) is 9.55 Å². The van der Waals surface area contributed by atoms with E-state index in [0.717, 1.165) is 4.57 Å². The summed E-state index contributed by atoms with van der Waals surface area (Å²) in [6.07, 6.45) is 1.20. The van der Waals surface area contributed by atoms with E-state index < -0.39 is 11.5 Å². The minimum atomic E-state index is -0.679. The third kappa shape index (κ3) is 3.71. The van der Waals surface area contributed by atoms with Crippen molar-refractivity contribution in [3.63, 3.8) is 0 Å². The number of hydrogen-bond acceptors (Lipinski definition) is 8. The zero-order valence-electron chi connectivity index (χ0n) is 16.5. The lowest BCUT2D eigenvalue weighted by atomic mass is 10.1. The summed E-state index contributed by atoms with van der Waals surface area (Å²) in [5, 5.41) is -0.0196. The predicted octanol–water partition coefficient (Wildman–Crippen LogP) is 2.37. The van der Waals surface area contributed by atoms with Gasteiger partial charge in [0.15, 0.2) is 5.78 Å². The number of Topliss-reactive ketones (excluding diaryl/α,β-unsaturated/α-hetero) is 1. The topological polar surface area (TPSA) is 110 Å². The van der Waals surface area contributed by atoms with Crippen LogP contribution in [0.25, 0.3) is 11.1 Å². The minimum absolute atomic E-state index is 0.0122. The fourth-order valence-corrected chi connectivity index (χ4v) is 2.97. The maximum atomic E-state index is 13.0. The molecule has 0 amide bonds. The number of aryl methyl sites for hydroxylation is 1. The van der Waals surface area contributed by atoms with Crippen LogP contribution >= 0.6 is 0 Å². The van der Waals surface area contributed by atoms with Crippen LogP contribution in [0.3, 0.4) is 0 Å². The van der Waals surface area contributed by atoms with Crippen molar-refractivity contribution in [3.05, 3.63) is 51.8 Å². The number of benzene rings is 1. The van der Waals surface area contributed by atoms with Gasteiger partial charge in [-0.2, -0.15) is 0 Å². The summed E-state index contributed by atoms with van der Waals surface area (Å²) in [7, 11) is 2.93. The molecule has 0 aliphatic heterocycles. The Morgan fingerprint density at radius 2 is 1.97 bits per heavy atom. The highest BCUT2D eigenvalue weighted by Crippen LogP contribution is 2.25. The Morgan fingerprint density at radius 1 is 1.21 bits per heavy atom. The molecule has 2 heterocycles. The van der Waals surface area contributed by atoms with Gasteiger partial charge < -0.3 is 18.6 Å². The molecule has 0 aliphatic carbocycles. The van der Waals surface area contributed by atoms with E-state index in [4.69, 9.17) is 18.6 Å². The van der Waals surface area contributed by atoms with Gasteiger partial charge in [0.2, 0.25) is 5.71 Å². The average molecular weight is 400 g/mol. The number of fused-ring (bicyclic) bond motifs is 1. The summed E-state index contributed by atoms with van der Waals surface area (Å²) in [5.41, 5.74) is -0.295. The highest BCUT2D eigenvalue weighted by Gasteiger charge is 2.24. The Bertz CT molecular complexity index is 1140. The fraction of sp³-hybridized carbons (Fsp3) is 0.300. The number of ketones is 1. The molecule has 2 aromatic heterocycles. The Balaban J connectivity index is 2.05. The predicted molar refractivity (Wildman–Crippen MR) is 103 cm³/mol. The van der Waals surface area contributed by atoms with Crippen molar-refractivity contribution in [1.29, 1.82) is 0 Å². The largest absolute Gasteiger partial charge is 0.497 e. The number of hydrogen-bond donors (Lipinski definition) is 0. The molecule has 0 saturated carbocycles. The second kappa shape index (κ2) is 8.17. The van der Waals surface area contributed by atoms with E-state index in [-0.39, 0.29) is 46.9 Å². The van der Waals surface area contributed by atoms with E-state index in [9.17, 15) is 14.4 Å². The summed E-state index contributed by atoms with van der Waals surface area (Å²) >= 11 is 0. The molecule has 3 rings (SSSR count). The number of rotatable bonds is 7. The van der Waals surface area contributed by atoms with Gasteiger partial charge in [0.1, 0.15) is 34.5 Å². The van der Waals surface area contributed by atoms with Crippen molar-refractivity contribution in [2.24, 2.45) is 0 Å². The van der Waals surface area contributed by atoms with Crippen molar-refractivity contribution < 1.29 is 28.2 Å². The molecule has 0 spiro atoms. The second-order valence-electron chi connectivity index (χ2n) is 6.10. The molecule has 0 atom stereocenters. The number of furan rings is 1. The van der Waals surface area contributed by atoms with Crippen LogP contribution in [0.15, 0.2) is 33.7 Å². The van der Waals surface area contributed by atoms with E-state index in [1.807, 2.05) is 0 Å². The van der Waals surface area contributed by atoms with E-state index >= 15 is 0 Å².